The number of halogens is 1. The molecular formula is C21H30ClNO. The zero-order valence-corrected chi connectivity index (χ0v) is 16.7. The lowest BCUT2D eigenvalue weighted by atomic mass is 9.78. The molecule has 1 aromatic carbocycles. The fraction of sp³-hybridized carbons (Fsp3) is 0.476. The van der Waals surface area contributed by atoms with Gasteiger partial charge in [-0.1, -0.05) is 41.5 Å². The van der Waals surface area contributed by atoms with Crippen LogP contribution in [0.2, 0.25) is 0 Å². The molecule has 24 heavy (non-hydrogen) atoms. The number of hydrogen-bond acceptors (Lipinski definition) is 1. The van der Waals surface area contributed by atoms with E-state index in [4.69, 9.17) is 0 Å². The highest BCUT2D eigenvalue weighted by molar-refractivity contribution is 5.49. The summed E-state index contributed by atoms with van der Waals surface area (Å²) in [5.74, 6) is 0.447. The highest BCUT2D eigenvalue weighted by atomic mass is 35.5. The molecule has 0 atom stereocenters. The Morgan fingerprint density at radius 2 is 1.29 bits per heavy atom. The third kappa shape index (κ3) is 4.73. The van der Waals surface area contributed by atoms with Gasteiger partial charge >= 0.3 is 0 Å². The molecule has 2 rings (SSSR count). The van der Waals surface area contributed by atoms with E-state index in [0.29, 0.717) is 5.75 Å². The Hall–Kier alpha value is -1.54. The Morgan fingerprint density at radius 3 is 1.67 bits per heavy atom. The predicted octanol–water partition coefficient (Wildman–Crippen LogP) is 1.64. The van der Waals surface area contributed by atoms with E-state index in [1.165, 1.54) is 11.1 Å². The van der Waals surface area contributed by atoms with Gasteiger partial charge in [0.15, 0.2) is 18.9 Å². The highest BCUT2D eigenvalue weighted by Crippen LogP contribution is 2.39. The first kappa shape index (κ1) is 20.5. The largest absolute Gasteiger partial charge is 1.00 e. The number of rotatable bonds is 2. The van der Waals surface area contributed by atoms with Gasteiger partial charge in [0.25, 0.3) is 0 Å². The second-order valence-corrected chi connectivity index (χ2v) is 8.59. The van der Waals surface area contributed by atoms with Gasteiger partial charge < -0.3 is 17.5 Å². The molecule has 0 radical (unpaired) electrons. The van der Waals surface area contributed by atoms with E-state index < -0.39 is 0 Å². The fourth-order valence-corrected chi connectivity index (χ4v) is 2.78. The number of aryl methyl sites for hydroxylation is 1. The summed E-state index contributed by atoms with van der Waals surface area (Å²) in [5, 5.41) is 10.8. The van der Waals surface area contributed by atoms with Gasteiger partial charge in [-0.3, -0.25) is 0 Å². The van der Waals surface area contributed by atoms with Crippen molar-refractivity contribution in [1.82, 2.24) is 0 Å². The summed E-state index contributed by atoms with van der Waals surface area (Å²) < 4.78 is 2.18. The molecule has 0 aliphatic carbocycles. The van der Waals surface area contributed by atoms with Crippen LogP contribution in [-0.4, -0.2) is 5.11 Å². The van der Waals surface area contributed by atoms with Crippen LogP contribution in [0.15, 0.2) is 36.7 Å². The van der Waals surface area contributed by atoms with E-state index in [1.807, 2.05) is 0 Å². The molecule has 0 aliphatic rings. The lowest BCUT2D eigenvalue weighted by Gasteiger charge is -2.27. The van der Waals surface area contributed by atoms with E-state index in [-0.39, 0.29) is 23.2 Å². The molecule has 0 aliphatic heterocycles. The van der Waals surface area contributed by atoms with Crippen molar-refractivity contribution < 1.29 is 22.1 Å². The van der Waals surface area contributed by atoms with Crippen molar-refractivity contribution >= 4 is 0 Å². The summed E-state index contributed by atoms with van der Waals surface area (Å²) in [6, 6.07) is 8.54. The number of pyridine rings is 1. The minimum atomic E-state index is -0.0853. The average molecular weight is 348 g/mol. The molecule has 1 aromatic heterocycles. The normalized spacial score (nSPS) is 12.0. The second-order valence-electron chi connectivity index (χ2n) is 8.59. The van der Waals surface area contributed by atoms with E-state index in [0.717, 1.165) is 17.7 Å². The molecule has 1 heterocycles. The molecule has 132 valence electrons. The Balaban J connectivity index is 0.00000288. The zero-order chi connectivity index (χ0) is 17.4. The summed E-state index contributed by atoms with van der Waals surface area (Å²) in [6.45, 7) is 15.8. The topological polar surface area (TPSA) is 24.1 Å². The van der Waals surface area contributed by atoms with Gasteiger partial charge in [0.05, 0.1) is 0 Å². The molecule has 0 unspecified atom stereocenters. The van der Waals surface area contributed by atoms with E-state index >= 15 is 0 Å². The summed E-state index contributed by atoms with van der Waals surface area (Å²) >= 11 is 0. The summed E-state index contributed by atoms with van der Waals surface area (Å²) in [4.78, 5) is 0. The monoisotopic (exact) mass is 347 g/mol. The van der Waals surface area contributed by atoms with Crippen LogP contribution >= 0.6 is 0 Å². The van der Waals surface area contributed by atoms with Crippen molar-refractivity contribution in [2.24, 2.45) is 0 Å². The van der Waals surface area contributed by atoms with E-state index in [9.17, 15) is 5.11 Å². The quantitative estimate of drug-likeness (QED) is 0.820. The Morgan fingerprint density at radius 1 is 0.875 bits per heavy atom. The van der Waals surface area contributed by atoms with Crippen molar-refractivity contribution in [1.29, 1.82) is 0 Å². The number of phenolic OH excluding ortho intramolecular Hbond substituents is 1. The van der Waals surface area contributed by atoms with Crippen LogP contribution in [-0.2, 0) is 17.4 Å². The molecule has 0 amide bonds. The van der Waals surface area contributed by atoms with E-state index in [2.05, 4.69) is 89.7 Å². The van der Waals surface area contributed by atoms with Crippen LogP contribution in [0, 0.1) is 6.92 Å². The number of benzene rings is 1. The van der Waals surface area contributed by atoms with Crippen LogP contribution in [0.1, 0.15) is 63.8 Å². The first-order chi connectivity index (χ1) is 10.5. The summed E-state index contributed by atoms with van der Waals surface area (Å²) in [7, 11) is 0. The molecular weight excluding hydrogens is 318 g/mol. The summed E-state index contributed by atoms with van der Waals surface area (Å²) in [6.07, 6.45) is 4.21. The minimum absolute atomic E-state index is 0. The number of phenols is 1. The van der Waals surface area contributed by atoms with Crippen LogP contribution in [0.25, 0.3) is 0 Å². The van der Waals surface area contributed by atoms with Crippen molar-refractivity contribution in [2.45, 2.75) is 65.8 Å². The molecule has 2 nitrogen and oxygen atoms in total. The molecule has 0 fully saturated rings. The maximum absolute atomic E-state index is 10.8. The van der Waals surface area contributed by atoms with Crippen LogP contribution in [0.4, 0.5) is 0 Å². The van der Waals surface area contributed by atoms with Crippen molar-refractivity contribution in [2.75, 3.05) is 0 Å². The lowest BCUT2D eigenvalue weighted by Crippen LogP contribution is -3.00. The number of nitrogens with zero attached hydrogens (tertiary/aromatic N) is 1. The average Bonchev–Trinajstić information content (AvgIpc) is 2.40. The SMILES string of the molecule is Cc1cc[n+](Cc2cc(C(C)(C)C)c(O)c(C(C)(C)C)c2)cc1.[Cl-]. The number of aromatic nitrogens is 1. The van der Waals surface area contributed by atoms with Crippen molar-refractivity contribution in [3.05, 3.63) is 58.9 Å². The second kappa shape index (κ2) is 7.14. The highest BCUT2D eigenvalue weighted by Gasteiger charge is 2.27. The van der Waals surface area contributed by atoms with Gasteiger partial charge in [-0.2, -0.15) is 0 Å². The number of hydrogen-bond donors (Lipinski definition) is 1. The van der Waals surface area contributed by atoms with Crippen LogP contribution in [0.5, 0.6) is 5.75 Å². The molecule has 2 aromatic rings. The number of aromatic hydroxyl groups is 1. The van der Waals surface area contributed by atoms with Gasteiger partial charge in [-0.05, 0) is 35.4 Å². The first-order valence-electron chi connectivity index (χ1n) is 8.31. The third-order valence-electron chi connectivity index (χ3n) is 4.21. The Bertz CT molecular complexity index is 656. The van der Waals surface area contributed by atoms with Gasteiger partial charge in [-0.25, -0.2) is 4.57 Å². The molecule has 1 N–H and O–H groups in total. The van der Waals surface area contributed by atoms with Crippen LogP contribution in [0.3, 0.4) is 0 Å². The van der Waals surface area contributed by atoms with Gasteiger partial charge in [-0.15, -0.1) is 0 Å². The Kier molecular flexibility index (Phi) is 6.10. The summed E-state index contributed by atoms with van der Waals surface area (Å²) in [5.41, 5.74) is 4.36. The van der Waals surface area contributed by atoms with Crippen LogP contribution < -0.4 is 17.0 Å². The predicted molar refractivity (Wildman–Crippen MR) is 96.0 cm³/mol. The first-order valence-corrected chi connectivity index (χ1v) is 8.31. The maximum atomic E-state index is 10.8. The molecule has 3 heteroatoms. The molecule has 0 saturated heterocycles. The van der Waals surface area contributed by atoms with Gasteiger partial charge in [0.2, 0.25) is 0 Å². The third-order valence-corrected chi connectivity index (χ3v) is 4.21. The molecule has 0 saturated carbocycles. The lowest BCUT2D eigenvalue weighted by molar-refractivity contribution is -0.688. The Labute approximate surface area is 153 Å². The molecule has 0 spiro atoms. The smallest absolute Gasteiger partial charge is 0.173 e. The van der Waals surface area contributed by atoms with Crippen molar-refractivity contribution in [3.8, 4) is 5.75 Å². The van der Waals surface area contributed by atoms with E-state index in [1.54, 1.807) is 0 Å². The van der Waals surface area contributed by atoms with Gasteiger partial charge in [0, 0.05) is 28.8 Å². The molecule has 0 bridgehead atoms. The zero-order valence-electron chi connectivity index (χ0n) is 15.9. The van der Waals surface area contributed by atoms with Gasteiger partial charge in [0.1, 0.15) is 5.75 Å². The fourth-order valence-electron chi connectivity index (χ4n) is 2.78. The van der Waals surface area contributed by atoms with Crippen molar-refractivity contribution in [3.63, 3.8) is 0 Å². The maximum Gasteiger partial charge on any atom is 0.173 e. The standard InChI is InChI=1S/C21H29NO.ClH/c1-15-8-10-22(11-9-15)14-16-12-17(20(2,3)4)19(23)18(13-16)21(5,6)7;/h8-13H,14H2,1-7H3;1H. The minimum Gasteiger partial charge on any atom is -1.00 e.